The molecule has 0 amide bonds. The molecule has 1 fully saturated rings. The summed E-state index contributed by atoms with van der Waals surface area (Å²) in [6.45, 7) is 25.2. The molecular formula is C38H75N3O5. The number of rotatable bonds is 20. The van der Waals surface area contributed by atoms with Crippen molar-refractivity contribution < 1.29 is 24.3 Å². The lowest BCUT2D eigenvalue weighted by atomic mass is 9.76. The molecule has 0 aromatic carbocycles. The van der Waals surface area contributed by atoms with Crippen molar-refractivity contribution in [3.05, 3.63) is 0 Å². The maximum Gasteiger partial charge on any atom is 0.320 e. The Morgan fingerprint density at radius 2 is 1.28 bits per heavy atom. The Balaban J connectivity index is 0. The first-order chi connectivity index (χ1) is 21.3. The number of Topliss-reactive ketones (excluding diaryl/α,β-unsaturated/α-hetero) is 3. The number of carboxylic acid groups (broad SMARTS) is 1. The van der Waals surface area contributed by atoms with Gasteiger partial charge in [0.05, 0.1) is 6.04 Å². The fraction of sp³-hybridized carbons (Fsp3) is 0.895. The van der Waals surface area contributed by atoms with Gasteiger partial charge in [0.15, 0.2) is 5.78 Å². The molecule has 0 aliphatic heterocycles. The summed E-state index contributed by atoms with van der Waals surface area (Å²) in [5.74, 6) is 2.31. The molecule has 1 rings (SSSR count). The molecule has 272 valence electrons. The van der Waals surface area contributed by atoms with Gasteiger partial charge in [-0.3, -0.25) is 19.2 Å². The van der Waals surface area contributed by atoms with Crippen LogP contribution in [0.3, 0.4) is 0 Å². The van der Waals surface area contributed by atoms with Crippen LogP contribution >= 0.6 is 0 Å². The standard InChI is InChI=1S/C15H28O.C12H26N2O.C11H21NO3/c1-11(2)5-6-13-7-9-14(10-8-13)15(16)12(3)4;1-9(2)12(15)11(13)7-5-6-8-14-10(3)4;1-7(2)10(13)6-5-9(11(14)15)12-8(3)4/h11-14H,5-10H2,1-4H3;9-11,14H,5-8,13H2,1-4H3;7-9,12H,5-6H2,1-4H3,(H,14,15). The lowest BCUT2D eigenvalue weighted by molar-refractivity contribution is -0.140. The molecule has 5 N–H and O–H groups in total. The van der Waals surface area contributed by atoms with Crippen LogP contribution in [0.1, 0.15) is 154 Å². The van der Waals surface area contributed by atoms with Crippen LogP contribution in [0, 0.1) is 35.5 Å². The number of carbonyl (C=O) groups excluding carboxylic acids is 3. The number of hydrogen-bond donors (Lipinski definition) is 4. The van der Waals surface area contributed by atoms with Crippen molar-refractivity contribution in [2.45, 2.75) is 178 Å². The van der Waals surface area contributed by atoms with Crippen LogP contribution in [-0.4, -0.2) is 59.1 Å². The third-order valence-electron chi connectivity index (χ3n) is 8.56. The average molecular weight is 654 g/mol. The van der Waals surface area contributed by atoms with Gasteiger partial charge in [-0.1, -0.05) is 102 Å². The molecule has 0 bridgehead atoms. The van der Waals surface area contributed by atoms with E-state index >= 15 is 0 Å². The van der Waals surface area contributed by atoms with Gasteiger partial charge in [-0.2, -0.15) is 0 Å². The highest BCUT2D eigenvalue weighted by Crippen LogP contribution is 2.33. The van der Waals surface area contributed by atoms with Gasteiger partial charge in [0.1, 0.15) is 17.6 Å². The van der Waals surface area contributed by atoms with Crippen LogP contribution < -0.4 is 16.4 Å². The Hall–Kier alpha value is -1.64. The van der Waals surface area contributed by atoms with Gasteiger partial charge in [-0.25, -0.2) is 0 Å². The largest absolute Gasteiger partial charge is 0.480 e. The van der Waals surface area contributed by atoms with Crippen LogP contribution in [0.4, 0.5) is 0 Å². The van der Waals surface area contributed by atoms with E-state index in [9.17, 15) is 19.2 Å². The first-order valence-electron chi connectivity index (χ1n) is 18.4. The molecule has 0 aromatic heterocycles. The molecule has 1 aliphatic carbocycles. The summed E-state index contributed by atoms with van der Waals surface area (Å²) in [6, 6.07) is -0.229. The molecule has 0 saturated heterocycles. The predicted molar refractivity (Wildman–Crippen MR) is 193 cm³/mol. The second-order valence-electron chi connectivity index (χ2n) is 15.4. The Kier molecular flexibility index (Phi) is 26.6. The number of nitrogens with one attached hydrogen (secondary N) is 2. The number of nitrogens with two attached hydrogens (primary N) is 1. The molecule has 8 heteroatoms. The number of hydrogen-bond acceptors (Lipinski definition) is 7. The van der Waals surface area contributed by atoms with Crippen molar-refractivity contribution in [1.29, 1.82) is 0 Å². The molecule has 46 heavy (non-hydrogen) atoms. The molecule has 2 atom stereocenters. The lowest BCUT2D eigenvalue weighted by Crippen LogP contribution is -2.41. The van der Waals surface area contributed by atoms with E-state index in [2.05, 4.69) is 38.3 Å². The van der Waals surface area contributed by atoms with E-state index in [1.807, 2.05) is 55.4 Å². The summed E-state index contributed by atoms with van der Waals surface area (Å²) < 4.78 is 0. The highest BCUT2D eigenvalue weighted by Gasteiger charge is 2.27. The first-order valence-corrected chi connectivity index (χ1v) is 18.4. The molecule has 8 nitrogen and oxygen atoms in total. The zero-order valence-corrected chi connectivity index (χ0v) is 31.9. The van der Waals surface area contributed by atoms with Crippen LogP contribution in [0.15, 0.2) is 0 Å². The van der Waals surface area contributed by atoms with Crippen LogP contribution in [-0.2, 0) is 19.2 Å². The summed E-state index contributed by atoms with van der Waals surface area (Å²) in [5, 5.41) is 15.2. The summed E-state index contributed by atoms with van der Waals surface area (Å²) in [5.41, 5.74) is 5.79. The van der Waals surface area contributed by atoms with Crippen molar-refractivity contribution in [1.82, 2.24) is 10.6 Å². The van der Waals surface area contributed by atoms with Crippen molar-refractivity contribution >= 4 is 23.3 Å². The highest BCUT2D eigenvalue weighted by atomic mass is 16.4. The SMILES string of the molecule is CC(C)CCC1CCC(C(=O)C(C)C)CC1.CC(C)NC(CCC(=O)C(C)C)C(=O)O.CC(C)NCCCCC(N)C(=O)C(C)C. The average Bonchev–Trinajstić information content (AvgIpc) is 2.97. The first kappa shape index (κ1) is 46.5. The van der Waals surface area contributed by atoms with E-state index < -0.39 is 12.0 Å². The van der Waals surface area contributed by atoms with Crippen molar-refractivity contribution in [2.75, 3.05) is 6.54 Å². The third-order valence-corrected chi connectivity index (χ3v) is 8.56. The van der Waals surface area contributed by atoms with Gasteiger partial charge in [0.2, 0.25) is 0 Å². The minimum Gasteiger partial charge on any atom is -0.480 e. The van der Waals surface area contributed by atoms with E-state index in [4.69, 9.17) is 10.8 Å². The minimum absolute atomic E-state index is 0.0153. The van der Waals surface area contributed by atoms with Gasteiger partial charge >= 0.3 is 5.97 Å². The fourth-order valence-electron chi connectivity index (χ4n) is 5.48. The zero-order chi connectivity index (χ0) is 36.0. The summed E-state index contributed by atoms with van der Waals surface area (Å²) in [7, 11) is 0. The van der Waals surface area contributed by atoms with E-state index in [0.717, 1.165) is 50.5 Å². The molecule has 1 aliphatic rings. The molecule has 0 radical (unpaired) electrons. The van der Waals surface area contributed by atoms with Crippen LogP contribution in [0.2, 0.25) is 0 Å². The Morgan fingerprint density at radius 1 is 0.717 bits per heavy atom. The monoisotopic (exact) mass is 654 g/mol. The summed E-state index contributed by atoms with van der Waals surface area (Å²) in [4.78, 5) is 45.5. The molecule has 0 aromatic rings. The number of carbonyl (C=O) groups is 4. The van der Waals surface area contributed by atoms with Gasteiger partial charge < -0.3 is 21.5 Å². The Bertz CT molecular complexity index is 830. The van der Waals surface area contributed by atoms with Gasteiger partial charge in [0, 0.05) is 42.2 Å². The smallest absolute Gasteiger partial charge is 0.320 e. The van der Waals surface area contributed by atoms with E-state index in [-0.39, 0.29) is 41.4 Å². The van der Waals surface area contributed by atoms with Gasteiger partial charge in [-0.05, 0) is 63.3 Å². The predicted octanol–water partition coefficient (Wildman–Crippen LogP) is 7.60. The normalized spacial score (nSPS) is 17.9. The minimum atomic E-state index is -0.889. The number of unbranched alkanes of at least 4 members (excludes halogenated alkanes) is 1. The fourth-order valence-corrected chi connectivity index (χ4v) is 5.48. The quantitative estimate of drug-likeness (QED) is 0.0986. The van der Waals surface area contributed by atoms with Crippen LogP contribution in [0.25, 0.3) is 0 Å². The van der Waals surface area contributed by atoms with Gasteiger partial charge in [0.25, 0.3) is 0 Å². The Morgan fingerprint density at radius 3 is 1.70 bits per heavy atom. The molecule has 0 heterocycles. The van der Waals surface area contributed by atoms with Crippen molar-refractivity contribution in [3.8, 4) is 0 Å². The molecule has 0 spiro atoms. The van der Waals surface area contributed by atoms with E-state index in [1.165, 1.54) is 25.7 Å². The van der Waals surface area contributed by atoms with E-state index in [1.54, 1.807) is 0 Å². The third kappa shape index (κ3) is 24.5. The molecule has 2 unspecified atom stereocenters. The van der Waals surface area contributed by atoms with Gasteiger partial charge in [-0.15, -0.1) is 0 Å². The highest BCUT2D eigenvalue weighted by molar-refractivity contribution is 5.85. The maximum absolute atomic E-state index is 11.9. The van der Waals surface area contributed by atoms with E-state index in [0.29, 0.717) is 30.6 Å². The topological polar surface area (TPSA) is 139 Å². The molecule has 1 saturated carbocycles. The second-order valence-corrected chi connectivity index (χ2v) is 15.4. The summed E-state index contributed by atoms with van der Waals surface area (Å²) in [6.07, 6.45) is 11.2. The maximum atomic E-state index is 11.9. The number of aliphatic carboxylic acids is 1. The summed E-state index contributed by atoms with van der Waals surface area (Å²) >= 11 is 0. The second kappa shape index (κ2) is 26.3. The van der Waals surface area contributed by atoms with Crippen molar-refractivity contribution in [3.63, 3.8) is 0 Å². The lowest BCUT2D eigenvalue weighted by Gasteiger charge is -2.29. The Labute approximate surface area is 283 Å². The number of ketones is 3. The zero-order valence-electron chi connectivity index (χ0n) is 31.9. The molecular weight excluding hydrogens is 578 g/mol. The van der Waals surface area contributed by atoms with Crippen LogP contribution in [0.5, 0.6) is 0 Å². The number of carboxylic acids is 1. The van der Waals surface area contributed by atoms with Crippen molar-refractivity contribution in [2.24, 2.45) is 41.2 Å².